The van der Waals surface area contributed by atoms with Gasteiger partial charge in [0.1, 0.15) is 0 Å². The molecule has 2 aromatic carbocycles. The Hall–Kier alpha value is -3.12. The van der Waals surface area contributed by atoms with E-state index < -0.39 is 5.54 Å². The Balaban J connectivity index is 1.47. The Morgan fingerprint density at radius 1 is 1.15 bits per heavy atom. The van der Waals surface area contributed by atoms with Crippen molar-refractivity contribution in [3.63, 3.8) is 0 Å². The lowest BCUT2D eigenvalue weighted by Crippen LogP contribution is -2.48. The zero-order valence-corrected chi connectivity index (χ0v) is 14.2. The van der Waals surface area contributed by atoms with Crippen LogP contribution in [-0.2, 0) is 12.0 Å². The van der Waals surface area contributed by atoms with Crippen LogP contribution in [-0.4, -0.2) is 27.5 Å². The standard InChI is InChI=1S/C20H20N4O2/c25-14-20(11-10-15-4-1-2-5-18(15)20)23-19(26)22-16-6-8-17(9-7-16)24-13-3-12-21-24/h1-9,12-13,25H,10-11,14H2,(H2,22,23,26). The van der Waals surface area contributed by atoms with Crippen LogP contribution in [0, 0.1) is 0 Å². The third-order valence-electron chi connectivity index (χ3n) is 4.87. The van der Waals surface area contributed by atoms with Crippen LogP contribution in [0.4, 0.5) is 10.5 Å². The summed E-state index contributed by atoms with van der Waals surface area (Å²) >= 11 is 0. The van der Waals surface area contributed by atoms with E-state index in [1.165, 1.54) is 5.56 Å². The molecule has 6 heteroatoms. The molecule has 1 aromatic heterocycles. The number of amides is 2. The number of carbonyl (C=O) groups is 1. The molecule has 1 atom stereocenters. The summed E-state index contributed by atoms with van der Waals surface area (Å²) < 4.78 is 1.75. The topological polar surface area (TPSA) is 79.2 Å². The van der Waals surface area contributed by atoms with Crippen LogP contribution >= 0.6 is 0 Å². The minimum Gasteiger partial charge on any atom is -0.394 e. The predicted molar refractivity (Wildman–Crippen MR) is 99.2 cm³/mol. The summed E-state index contributed by atoms with van der Waals surface area (Å²) in [6, 6.07) is 16.9. The molecule has 0 bridgehead atoms. The zero-order valence-electron chi connectivity index (χ0n) is 14.2. The third kappa shape index (κ3) is 2.95. The van der Waals surface area contributed by atoms with Gasteiger partial charge in [-0.1, -0.05) is 24.3 Å². The number of aliphatic hydroxyl groups excluding tert-OH is 1. The Bertz CT molecular complexity index is 906. The van der Waals surface area contributed by atoms with Crippen LogP contribution in [0.5, 0.6) is 0 Å². The van der Waals surface area contributed by atoms with Crippen LogP contribution in [0.25, 0.3) is 5.69 Å². The van der Waals surface area contributed by atoms with E-state index in [4.69, 9.17) is 0 Å². The summed E-state index contributed by atoms with van der Waals surface area (Å²) in [4.78, 5) is 12.5. The van der Waals surface area contributed by atoms with Crippen molar-refractivity contribution in [1.29, 1.82) is 0 Å². The number of nitrogens with zero attached hydrogens (tertiary/aromatic N) is 2. The molecule has 1 heterocycles. The highest BCUT2D eigenvalue weighted by atomic mass is 16.3. The average molecular weight is 348 g/mol. The van der Waals surface area contributed by atoms with E-state index in [0.717, 1.165) is 17.7 Å². The van der Waals surface area contributed by atoms with Crippen LogP contribution in [0.2, 0.25) is 0 Å². The highest BCUT2D eigenvalue weighted by Gasteiger charge is 2.39. The van der Waals surface area contributed by atoms with E-state index in [1.807, 2.05) is 60.8 Å². The lowest BCUT2D eigenvalue weighted by atomic mass is 9.93. The molecular formula is C20H20N4O2. The molecule has 132 valence electrons. The second-order valence-electron chi connectivity index (χ2n) is 6.47. The van der Waals surface area contributed by atoms with Gasteiger partial charge in [0, 0.05) is 18.1 Å². The van der Waals surface area contributed by atoms with Gasteiger partial charge in [-0.15, -0.1) is 0 Å². The number of aryl methyl sites for hydroxylation is 1. The molecule has 0 aliphatic heterocycles. The van der Waals surface area contributed by atoms with Crippen molar-refractivity contribution in [2.45, 2.75) is 18.4 Å². The van der Waals surface area contributed by atoms with Crippen LogP contribution in [0.15, 0.2) is 67.0 Å². The number of aromatic nitrogens is 2. The lowest BCUT2D eigenvalue weighted by Gasteiger charge is -2.29. The summed E-state index contributed by atoms with van der Waals surface area (Å²) in [5.74, 6) is 0. The molecule has 0 fully saturated rings. The highest BCUT2D eigenvalue weighted by molar-refractivity contribution is 5.90. The SMILES string of the molecule is O=C(Nc1ccc(-n2cccn2)cc1)NC1(CO)CCc2ccccc21. The number of anilines is 1. The number of carbonyl (C=O) groups excluding carboxylic acids is 1. The highest BCUT2D eigenvalue weighted by Crippen LogP contribution is 2.36. The first-order valence-electron chi connectivity index (χ1n) is 8.59. The molecule has 1 aliphatic rings. The number of urea groups is 1. The van der Waals surface area contributed by atoms with Gasteiger partial charge < -0.3 is 15.7 Å². The Morgan fingerprint density at radius 3 is 2.69 bits per heavy atom. The van der Waals surface area contributed by atoms with Crippen molar-refractivity contribution in [2.75, 3.05) is 11.9 Å². The smallest absolute Gasteiger partial charge is 0.320 e. The van der Waals surface area contributed by atoms with Crippen molar-refractivity contribution in [3.05, 3.63) is 78.1 Å². The normalized spacial score (nSPS) is 18.3. The second-order valence-corrected chi connectivity index (χ2v) is 6.47. The van der Waals surface area contributed by atoms with Crippen LogP contribution in [0.1, 0.15) is 17.5 Å². The maximum atomic E-state index is 12.5. The van der Waals surface area contributed by atoms with E-state index in [9.17, 15) is 9.90 Å². The van der Waals surface area contributed by atoms with E-state index in [1.54, 1.807) is 10.9 Å². The summed E-state index contributed by atoms with van der Waals surface area (Å²) in [6.07, 6.45) is 5.11. The number of rotatable bonds is 4. The maximum absolute atomic E-state index is 12.5. The molecule has 3 N–H and O–H groups in total. The number of hydrogen-bond acceptors (Lipinski definition) is 3. The maximum Gasteiger partial charge on any atom is 0.320 e. The van der Waals surface area contributed by atoms with Gasteiger partial charge in [0.25, 0.3) is 0 Å². The predicted octanol–water partition coefficient (Wildman–Crippen LogP) is 2.83. The van der Waals surface area contributed by atoms with Gasteiger partial charge >= 0.3 is 6.03 Å². The molecule has 0 radical (unpaired) electrons. The molecule has 0 spiro atoms. The number of benzene rings is 2. The number of aliphatic hydroxyl groups is 1. The fourth-order valence-electron chi connectivity index (χ4n) is 3.52. The minimum atomic E-state index is -0.727. The first-order chi connectivity index (χ1) is 12.7. The van der Waals surface area contributed by atoms with Gasteiger partial charge in [0.05, 0.1) is 17.8 Å². The Labute approximate surface area is 151 Å². The van der Waals surface area contributed by atoms with Gasteiger partial charge in [-0.05, 0) is 54.3 Å². The van der Waals surface area contributed by atoms with Crippen molar-refractivity contribution in [1.82, 2.24) is 15.1 Å². The molecular weight excluding hydrogens is 328 g/mol. The molecule has 4 rings (SSSR count). The van der Waals surface area contributed by atoms with Crippen LogP contribution in [0.3, 0.4) is 0 Å². The number of fused-ring (bicyclic) bond motifs is 1. The molecule has 1 aliphatic carbocycles. The van der Waals surface area contributed by atoms with Crippen LogP contribution < -0.4 is 10.6 Å². The van der Waals surface area contributed by atoms with Crippen molar-refractivity contribution < 1.29 is 9.90 Å². The summed E-state index contributed by atoms with van der Waals surface area (Å²) in [5, 5.41) is 20.0. The first kappa shape index (κ1) is 16.4. The van der Waals surface area contributed by atoms with E-state index in [0.29, 0.717) is 12.1 Å². The van der Waals surface area contributed by atoms with Crippen molar-refractivity contribution >= 4 is 11.7 Å². The van der Waals surface area contributed by atoms with E-state index >= 15 is 0 Å². The molecule has 0 saturated carbocycles. The minimum absolute atomic E-state index is 0.129. The van der Waals surface area contributed by atoms with Gasteiger partial charge in [-0.2, -0.15) is 5.10 Å². The number of hydrogen-bond donors (Lipinski definition) is 3. The zero-order chi connectivity index (χ0) is 18.0. The molecule has 3 aromatic rings. The van der Waals surface area contributed by atoms with E-state index in [2.05, 4.69) is 15.7 Å². The lowest BCUT2D eigenvalue weighted by molar-refractivity contribution is 0.164. The molecule has 6 nitrogen and oxygen atoms in total. The molecule has 1 unspecified atom stereocenters. The van der Waals surface area contributed by atoms with Gasteiger partial charge in [0.15, 0.2) is 0 Å². The summed E-state index contributed by atoms with van der Waals surface area (Å²) in [7, 11) is 0. The first-order valence-corrected chi connectivity index (χ1v) is 8.59. The largest absolute Gasteiger partial charge is 0.394 e. The second kappa shape index (κ2) is 6.65. The Kier molecular flexibility index (Phi) is 4.18. The Morgan fingerprint density at radius 2 is 1.96 bits per heavy atom. The quantitative estimate of drug-likeness (QED) is 0.678. The molecule has 2 amide bonds. The molecule has 0 saturated heterocycles. The van der Waals surface area contributed by atoms with Gasteiger partial charge in [0.2, 0.25) is 0 Å². The van der Waals surface area contributed by atoms with Gasteiger partial charge in [-0.25, -0.2) is 9.48 Å². The summed E-state index contributed by atoms with van der Waals surface area (Å²) in [5.41, 5.74) is 3.03. The third-order valence-corrected chi connectivity index (χ3v) is 4.87. The fourth-order valence-corrected chi connectivity index (χ4v) is 3.52. The van der Waals surface area contributed by atoms with Crippen molar-refractivity contribution in [3.8, 4) is 5.69 Å². The molecule has 26 heavy (non-hydrogen) atoms. The van der Waals surface area contributed by atoms with E-state index in [-0.39, 0.29) is 12.6 Å². The monoisotopic (exact) mass is 348 g/mol. The number of nitrogens with one attached hydrogen (secondary N) is 2. The van der Waals surface area contributed by atoms with Gasteiger partial charge in [-0.3, -0.25) is 0 Å². The summed E-state index contributed by atoms with van der Waals surface area (Å²) in [6.45, 7) is -0.129. The fraction of sp³-hybridized carbons (Fsp3) is 0.200. The average Bonchev–Trinajstić information content (AvgIpc) is 3.32. The van der Waals surface area contributed by atoms with Crippen molar-refractivity contribution in [2.24, 2.45) is 0 Å².